The van der Waals surface area contributed by atoms with Crippen LogP contribution >= 0.6 is 11.9 Å². The van der Waals surface area contributed by atoms with Gasteiger partial charge in [0.2, 0.25) is 17.7 Å². The van der Waals surface area contributed by atoms with Gasteiger partial charge in [0, 0.05) is 24.0 Å². The molecule has 3 aliphatic heterocycles. The molecule has 2 aromatic rings. The van der Waals surface area contributed by atoms with E-state index in [1.165, 1.54) is 36.1 Å². The molecule has 3 aliphatic rings. The van der Waals surface area contributed by atoms with Gasteiger partial charge in [-0.1, -0.05) is 18.2 Å². The number of para-hydroxylation sites is 1. The molecule has 3 heterocycles. The Hall–Kier alpha value is -3.15. The zero-order valence-electron chi connectivity index (χ0n) is 23.0. The number of amides is 3. The number of aryl methyl sites for hydroxylation is 1. The third kappa shape index (κ3) is 7.52. The van der Waals surface area contributed by atoms with Gasteiger partial charge in [0.05, 0.1) is 12.6 Å². The molecule has 0 aliphatic carbocycles. The quantitative estimate of drug-likeness (QED) is 0.456. The first-order chi connectivity index (χ1) is 19.3. The maximum absolute atomic E-state index is 13.4. The van der Waals surface area contributed by atoms with Crippen LogP contribution in [0.25, 0.3) is 0 Å². The van der Waals surface area contributed by atoms with Crippen molar-refractivity contribution in [3.63, 3.8) is 0 Å². The molecule has 4 atom stereocenters. The van der Waals surface area contributed by atoms with Gasteiger partial charge in [0.1, 0.15) is 23.7 Å². The van der Waals surface area contributed by atoms with Crippen molar-refractivity contribution in [3.8, 4) is 5.75 Å². The Morgan fingerprint density at radius 3 is 2.58 bits per heavy atom. The molecule has 0 bridgehead atoms. The van der Waals surface area contributed by atoms with Crippen molar-refractivity contribution in [2.24, 2.45) is 5.73 Å². The largest absolute Gasteiger partial charge is 0.493 e. The Kier molecular flexibility index (Phi) is 10.4. The van der Waals surface area contributed by atoms with Gasteiger partial charge in [-0.05, 0) is 93.9 Å². The zero-order chi connectivity index (χ0) is 28.6. The Labute approximate surface area is 239 Å². The van der Waals surface area contributed by atoms with Crippen LogP contribution in [0.5, 0.6) is 5.75 Å². The van der Waals surface area contributed by atoms with Crippen LogP contribution in [-0.4, -0.2) is 77.8 Å². The van der Waals surface area contributed by atoms with Crippen molar-refractivity contribution in [3.05, 3.63) is 59.9 Å². The number of nitrogens with one attached hydrogen (secondary N) is 2. The number of ether oxygens (including phenoxy) is 1. The monoisotopic (exact) mass is 571 g/mol. The van der Waals surface area contributed by atoms with Gasteiger partial charge in [0.15, 0.2) is 0 Å². The minimum atomic E-state index is -0.816. The van der Waals surface area contributed by atoms with E-state index in [1.807, 2.05) is 16.4 Å². The van der Waals surface area contributed by atoms with E-state index in [4.69, 9.17) is 10.5 Å². The SMILES string of the molecule is CN[C@@H](C)C(=O)NC1CN(Sc2ccc(F)cc2)CCC2CCC(C(N)=O)N2C1=O.c1ccc2c(c1)CCCO2. The van der Waals surface area contributed by atoms with Crippen molar-refractivity contribution in [1.29, 1.82) is 0 Å². The highest BCUT2D eigenvalue weighted by molar-refractivity contribution is 7.97. The lowest BCUT2D eigenvalue weighted by Crippen LogP contribution is -2.60. The van der Waals surface area contributed by atoms with E-state index < -0.39 is 24.0 Å². The van der Waals surface area contributed by atoms with Crippen molar-refractivity contribution in [1.82, 2.24) is 19.8 Å². The van der Waals surface area contributed by atoms with Crippen molar-refractivity contribution >= 4 is 29.7 Å². The molecule has 2 fully saturated rings. The molecule has 9 nitrogen and oxygen atoms in total. The Morgan fingerprint density at radius 2 is 1.88 bits per heavy atom. The highest BCUT2D eigenvalue weighted by Gasteiger charge is 2.44. The summed E-state index contributed by atoms with van der Waals surface area (Å²) in [4.78, 5) is 40.2. The second-order valence-electron chi connectivity index (χ2n) is 10.2. The second-order valence-corrected chi connectivity index (χ2v) is 11.4. The highest BCUT2D eigenvalue weighted by Crippen LogP contribution is 2.32. The summed E-state index contributed by atoms with van der Waals surface area (Å²) in [6, 6.07) is 12.4. The van der Waals surface area contributed by atoms with Crippen LogP contribution in [0.4, 0.5) is 4.39 Å². The average molecular weight is 572 g/mol. The van der Waals surface area contributed by atoms with Crippen molar-refractivity contribution in [2.75, 3.05) is 26.7 Å². The first-order valence-electron chi connectivity index (χ1n) is 13.7. The summed E-state index contributed by atoms with van der Waals surface area (Å²) in [5, 5.41) is 5.69. The van der Waals surface area contributed by atoms with E-state index in [-0.39, 0.29) is 30.2 Å². The van der Waals surface area contributed by atoms with E-state index in [0.717, 1.165) is 23.7 Å². The molecular weight excluding hydrogens is 533 g/mol. The highest BCUT2D eigenvalue weighted by atomic mass is 32.2. The van der Waals surface area contributed by atoms with Crippen LogP contribution in [-0.2, 0) is 20.8 Å². The summed E-state index contributed by atoms with van der Waals surface area (Å²) >= 11 is 1.42. The maximum atomic E-state index is 13.4. The first kappa shape index (κ1) is 29.8. The van der Waals surface area contributed by atoms with Gasteiger partial charge in [0.25, 0.3) is 0 Å². The molecule has 4 N–H and O–H groups in total. The predicted octanol–water partition coefficient (Wildman–Crippen LogP) is 2.49. The molecule has 2 aromatic carbocycles. The van der Waals surface area contributed by atoms with Crippen LogP contribution in [0.2, 0.25) is 0 Å². The van der Waals surface area contributed by atoms with Crippen LogP contribution in [0, 0.1) is 5.82 Å². The number of rotatable bonds is 6. The number of fused-ring (bicyclic) bond motifs is 2. The topological polar surface area (TPSA) is 117 Å². The molecule has 0 spiro atoms. The lowest BCUT2D eigenvalue weighted by atomic mass is 10.1. The lowest BCUT2D eigenvalue weighted by molar-refractivity contribution is -0.143. The number of nitrogens with two attached hydrogens (primary N) is 1. The molecule has 0 aromatic heterocycles. The predicted molar refractivity (Wildman–Crippen MR) is 152 cm³/mol. The molecule has 11 heteroatoms. The number of carbonyl (C=O) groups excluding carboxylic acids is 3. The van der Waals surface area contributed by atoms with Crippen molar-refractivity contribution in [2.45, 2.75) is 68.1 Å². The number of likely N-dealkylation sites (N-methyl/N-ethyl adjacent to an activating group) is 1. The fourth-order valence-electron chi connectivity index (χ4n) is 5.18. The minimum Gasteiger partial charge on any atom is -0.493 e. The lowest BCUT2D eigenvalue weighted by Gasteiger charge is -2.38. The molecule has 40 heavy (non-hydrogen) atoms. The summed E-state index contributed by atoms with van der Waals surface area (Å²) in [5.41, 5.74) is 6.90. The number of halogens is 1. The maximum Gasteiger partial charge on any atom is 0.247 e. The Bertz CT molecular complexity index is 1160. The number of carbonyl (C=O) groups is 3. The van der Waals surface area contributed by atoms with Gasteiger partial charge in [-0.2, -0.15) is 0 Å². The summed E-state index contributed by atoms with van der Waals surface area (Å²) in [6.07, 6.45) is 4.26. The Morgan fingerprint density at radius 1 is 1.12 bits per heavy atom. The van der Waals surface area contributed by atoms with E-state index in [9.17, 15) is 18.8 Å². The fraction of sp³-hybridized carbons (Fsp3) is 0.483. The minimum absolute atomic E-state index is 0.104. The van der Waals surface area contributed by atoms with Gasteiger partial charge in [-0.3, -0.25) is 14.4 Å². The molecule has 5 rings (SSSR count). The number of hydrogen-bond donors (Lipinski definition) is 3. The molecular formula is C29H38FN5O4S. The molecule has 0 radical (unpaired) electrons. The standard InChI is InChI=1S/C20H28FN5O3S.C9H10O/c1-12(23-2)19(28)24-16-11-25(30-15-6-3-13(21)4-7-15)10-9-14-5-8-17(18(22)27)26(14)20(16)29;1-2-6-9-8(4-1)5-3-7-10-9/h3-4,6-7,12,14,16-17,23H,5,8-11H2,1-2H3,(H2,22,27)(H,24,28);1-2,4,6H,3,5,7H2/t12-,14?,16?,17?;/m0./s1. The van der Waals surface area contributed by atoms with Gasteiger partial charge >= 0.3 is 0 Å². The molecule has 216 valence electrons. The summed E-state index contributed by atoms with van der Waals surface area (Å²) < 4.78 is 20.7. The average Bonchev–Trinajstić information content (AvgIpc) is 3.39. The third-order valence-electron chi connectivity index (χ3n) is 7.49. The van der Waals surface area contributed by atoms with Gasteiger partial charge in [-0.25, -0.2) is 8.70 Å². The van der Waals surface area contributed by atoms with Crippen LogP contribution < -0.4 is 21.1 Å². The molecule has 3 unspecified atom stereocenters. The van der Waals surface area contributed by atoms with E-state index in [0.29, 0.717) is 25.8 Å². The van der Waals surface area contributed by atoms with E-state index >= 15 is 0 Å². The van der Waals surface area contributed by atoms with Gasteiger partial charge < -0.3 is 26.0 Å². The molecule has 2 saturated heterocycles. The summed E-state index contributed by atoms with van der Waals surface area (Å²) in [7, 11) is 1.67. The van der Waals surface area contributed by atoms with Crippen LogP contribution in [0.3, 0.4) is 0 Å². The molecule has 0 saturated carbocycles. The second kappa shape index (κ2) is 14.0. The first-order valence-corrected chi connectivity index (χ1v) is 14.5. The smallest absolute Gasteiger partial charge is 0.247 e. The van der Waals surface area contributed by atoms with Crippen LogP contribution in [0.1, 0.15) is 38.2 Å². The third-order valence-corrected chi connectivity index (χ3v) is 8.57. The van der Waals surface area contributed by atoms with Gasteiger partial charge in [-0.15, -0.1) is 0 Å². The Balaban J connectivity index is 0.000000307. The normalized spacial score (nSPS) is 23.3. The summed E-state index contributed by atoms with van der Waals surface area (Å²) in [5.74, 6) is -0.337. The van der Waals surface area contributed by atoms with E-state index in [2.05, 4.69) is 22.8 Å². The number of nitrogens with zero attached hydrogens (tertiary/aromatic N) is 2. The summed E-state index contributed by atoms with van der Waals surface area (Å²) in [6.45, 7) is 3.50. The van der Waals surface area contributed by atoms with Crippen molar-refractivity contribution < 1.29 is 23.5 Å². The van der Waals surface area contributed by atoms with Crippen LogP contribution in [0.15, 0.2) is 53.4 Å². The zero-order valence-corrected chi connectivity index (χ0v) is 23.8. The fourth-order valence-corrected chi connectivity index (χ4v) is 6.16. The number of hydrogen-bond acceptors (Lipinski definition) is 7. The molecule has 3 amide bonds. The number of benzene rings is 2. The van der Waals surface area contributed by atoms with E-state index in [1.54, 1.807) is 31.0 Å². The number of primary amides is 1.